The highest BCUT2D eigenvalue weighted by Gasteiger charge is 2.31. The van der Waals surface area contributed by atoms with Crippen molar-refractivity contribution < 1.29 is 4.79 Å². The van der Waals surface area contributed by atoms with E-state index in [4.69, 9.17) is 5.73 Å². The summed E-state index contributed by atoms with van der Waals surface area (Å²) in [4.78, 5) is 13.9. The lowest BCUT2D eigenvalue weighted by Gasteiger charge is -2.39. The second-order valence-corrected chi connectivity index (χ2v) is 6.10. The van der Waals surface area contributed by atoms with Gasteiger partial charge in [0.15, 0.2) is 0 Å². The van der Waals surface area contributed by atoms with Gasteiger partial charge in [-0.25, -0.2) is 0 Å². The molecule has 0 spiro atoms. The van der Waals surface area contributed by atoms with Gasteiger partial charge in [0.05, 0.1) is 6.04 Å². The van der Waals surface area contributed by atoms with E-state index in [0.717, 1.165) is 25.9 Å². The topological polar surface area (TPSA) is 46.3 Å². The number of likely N-dealkylation sites (tertiary alicyclic amines) is 1. The third-order valence-corrected chi connectivity index (χ3v) is 3.77. The van der Waals surface area contributed by atoms with Crippen LogP contribution in [-0.2, 0) is 4.79 Å². The Hall–Kier alpha value is -0.830. The van der Waals surface area contributed by atoms with Gasteiger partial charge in [0, 0.05) is 13.1 Å². The van der Waals surface area contributed by atoms with Crippen LogP contribution in [0.1, 0.15) is 40.0 Å². The molecule has 17 heavy (non-hydrogen) atoms. The molecule has 2 N–H and O–H groups in total. The van der Waals surface area contributed by atoms with E-state index in [1.165, 1.54) is 0 Å². The smallest absolute Gasteiger partial charge is 0.239 e. The van der Waals surface area contributed by atoms with E-state index < -0.39 is 6.04 Å². The van der Waals surface area contributed by atoms with Gasteiger partial charge in [-0.1, -0.05) is 26.8 Å². The van der Waals surface area contributed by atoms with Crippen molar-refractivity contribution in [1.29, 1.82) is 0 Å². The first-order valence-electron chi connectivity index (χ1n) is 6.51. The molecule has 1 aliphatic rings. The van der Waals surface area contributed by atoms with E-state index in [2.05, 4.69) is 27.4 Å². The number of piperidine rings is 1. The van der Waals surface area contributed by atoms with E-state index in [1.807, 2.05) is 4.90 Å². The molecule has 1 atom stereocenters. The fourth-order valence-corrected chi connectivity index (χ4v) is 2.48. The van der Waals surface area contributed by atoms with Crippen LogP contribution in [0.3, 0.4) is 0 Å². The van der Waals surface area contributed by atoms with E-state index in [1.54, 1.807) is 6.08 Å². The monoisotopic (exact) mass is 238 g/mol. The Bertz CT molecular complexity index is 272. The van der Waals surface area contributed by atoms with Gasteiger partial charge >= 0.3 is 0 Å². The molecule has 1 heterocycles. The van der Waals surface area contributed by atoms with Crippen LogP contribution < -0.4 is 5.73 Å². The molecule has 1 aliphatic heterocycles. The maximum Gasteiger partial charge on any atom is 0.239 e. The number of nitrogens with zero attached hydrogens (tertiary/aromatic N) is 1. The number of carbonyl (C=O) groups excluding carboxylic acids is 1. The molecule has 1 fully saturated rings. The number of rotatable bonds is 3. The molecule has 0 aromatic heterocycles. The van der Waals surface area contributed by atoms with Crippen LogP contribution in [-0.4, -0.2) is 29.9 Å². The van der Waals surface area contributed by atoms with Crippen molar-refractivity contribution in [2.24, 2.45) is 17.1 Å². The molecule has 1 unspecified atom stereocenters. The Morgan fingerprint density at radius 2 is 2.00 bits per heavy atom. The quantitative estimate of drug-likeness (QED) is 0.766. The third-order valence-electron chi connectivity index (χ3n) is 3.77. The summed E-state index contributed by atoms with van der Waals surface area (Å²) >= 11 is 0. The molecule has 0 saturated carbocycles. The molecule has 1 amide bonds. The molecule has 3 nitrogen and oxygen atoms in total. The lowest BCUT2D eigenvalue weighted by Crippen LogP contribution is -2.48. The molecule has 0 aliphatic carbocycles. The van der Waals surface area contributed by atoms with Crippen molar-refractivity contribution in [2.75, 3.05) is 13.1 Å². The number of carbonyl (C=O) groups is 1. The average molecular weight is 238 g/mol. The van der Waals surface area contributed by atoms with Crippen molar-refractivity contribution in [2.45, 2.75) is 46.1 Å². The highest BCUT2D eigenvalue weighted by molar-refractivity contribution is 5.81. The summed E-state index contributed by atoms with van der Waals surface area (Å²) in [6, 6.07) is -0.404. The molecule has 1 rings (SSSR count). The predicted molar refractivity (Wildman–Crippen MR) is 71.5 cm³/mol. The standard InChI is InChI=1S/C14H26N2O/c1-5-6-12(15)13(17)16-9-7-11(8-10-16)14(2,3)4/h5,11-12H,1,6-10,15H2,2-4H3. The maximum atomic E-state index is 12.0. The molecular formula is C14H26N2O. The summed E-state index contributed by atoms with van der Waals surface area (Å²) in [5.41, 5.74) is 6.16. The van der Waals surface area contributed by atoms with Crippen molar-refractivity contribution in [3.05, 3.63) is 12.7 Å². The average Bonchev–Trinajstić information content (AvgIpc) is 2.27. The van der Waals surface area contributed by atoms with Gasteiger partial charge in [0.1, 0.15) is 0 Å². The number of hydrogen-bond acceptors (Lipinski definition) is 2. The van der Waals surface area contributed by atoms with Crippen molar-refractivity contribution in [3.63, 3.8) is 0 Å². The first-order valence-corrected chi connectivity index (χ1v) is 6.51. The molecule has 0 aromatic carbocycles. The molecular weight excluding hydrogens is 212 g/mol. The zero-order valence-corrected chi connectivity index (χ0v) is 11.4. The van der Waals surface area contributed by atoms with E-state index in [-0.39, 0.29) is 5.91 Å². The second kappa shape index (κ2) is 5.67. The summed E-state index contributed by atoms with van der Waals surface area (Å²) in [5.74, 6) is 0.791. The lowest BCUT2D eigenvalue weighted by atomic mass is 9.75. The van der Waals surface area contributed by atoms with Crippen molar-refractivity contribution in [1.82, 2.24) is 4.90 Å². The minimum absolute atomic E-state index is 0.0808. The molecule has 3 heteroatoms. The van der Waals surface area contributed by atoms with Gasteiger partial charge in [-0.3, -0.25) is 4.79 Å². The van der Waals surface area contributed by atoms with Gasteiger partial charge in [-0.2, -0.15) is 0 Å². The zero-order chi connectivity index (χ0) is 13.1. The number of hydrogen-bond donors (Lipinski definition) is 1. The van der Waals surface area contributed by atoms with Crippen molar-refractivity contribution in [3.8, 4) is 0 Å². The third kappa shape index (κ3) is 3.84. The fourth-order valence-electron chi connectivity index (χ4n) is 2.48. The van der Waals surface area contributed by atoms with Crippen molar-refractivity contribution >= 4 is 5.91 Å². The lowest BCUT2D eigenvalue weighted by molar-refractivity contribution is -0.134. The van der Waals surface area contributed by atoms with Gasteiger partial charge in [-0.05, 0) is 30.6 Å². The molecule has 0 radical (unpaired) electrons. The molecule has 98 valence electrons. The van der Waals surface area contributed by atoms with Gasteiger partial charge in [0.2, 0.25) is 5.91 Å². The summed E-state index contributed by atoms with van der Waals surface area (Å²) in [7, 11) is 0. The predicted octanol–water partition coefficient (Wildman–Crippen LogP) is 2.17. The molecule has 0 bridgehead atoms. The van der Waals surface area contributed by atoms with E-state index >= 15 is 0 Å². The molecule has 1 saturated heterocycles. The SMILES string of the molecule is C=CCC(N)C(=O)N1CCC(C(C)(C)C)CC1. The first kappa shape index (κ1) is 14.2. The summed E-state index contributed by atoms with van der Waals surface area (Å²) in [5, 5.41) is 0. The largest absolute Gasteiger partial charge is 0.341 e. The van der Waals surface area contributed by atoms with Crippen LogP contribution in [0.5, 0.6) is 0 Å². The summed E-state index contributed by atoms with van der Waals surface area (Å²) in [6.07, 6.45) is 4.47. The highest BCUT2D eigenvalue weighted by atomic mass is 16.2. The normalized spacial score (nSPS) is 20.1. The number of amides is 1. The molecule has 0 aromatic rings. The minimum Gasteiger partial charge on any atom is -0.341 e. The van der Waals surface area contributed by atoms with Crippen LogP contribution >= 0.6 is 0 Å². The second-order valence-electron chi connectivity index (χ2n) is 6.10. The van der Waals surface area contributed by atoms with E-state index in [9.17, 15) is 4.79 Å². The Morgan fingerprint density at radius 3 is 2.41 bits per heavy atom. The zero-order valence-electron chi connectivity index (χ0n) is 11.4. The van der Waals surface area contributed by atoms with Crippen LogP contribution in [0.25, 0.3) is 0 Å². The van der Waals surface area contributed by atoms with Crippen LogP contribution in [0.15, 0.2) is 12.7 Å². The Morgan fingerprint density at radius 1 is 1.47 bits per heavy atom. The van der Waals surface area contributed by atoms with Crippen LogP contribution in [0, 0.1) is 11.3 Å². The van der Waals surface area contributed by atoms with E-state index in [0.29, 0.717) is 17.8 Å². The maximum absolute atomic E-state index is 12.0. The van der Waals surface area contributed by atoms with Crippen LogP contribution in [0.4, 0.5) is 0 Å². The number of nitrogens with two attached hydrogens (primary N) is 1. The Balaban J connectivity index is 2.46. The van der Waals surface area contributed by atoms with Crippen LogP contribution in [0.2, 0.25) is 0 Å². The van der Waals surface area contributed by atoms with Gasteiger partial charge < -0.3 is 10.6 Å². The summed E-state index contributed by atoms with van der Waals surface area (Å²) < 4.78 is 0. The fraction of sp³-hybridized carbons (Fsp3) is 0.786. The van der Waals surface area contributed by atoms with Gasteiger partial charge in [-0.15, -0.1) is 6.58 Å². The minimum atomic E-state index is -0.404. The Kier molecular flexibility index (Phi) is 4.75. The highest BCUT2D eigenvalue weighted by Crippen LogP contribution is 2.34. The van der Waals surface area contributed by atoms with Gasteiger partial charge in [0.25, 0.3) is 0 Å². The Labute approximate surface area is 105 Å². The summed E-state index contributed by atoms with van der Waals surface area (Å²) in [6.45, 7) is 12.2. The first-order chi connectivity index (χ1) is 7.86.